The van der Waals surface area contributed by atoms with E-state index in [2.05, 4.69) is 32.5 Å². The van der Waals surface area contributed by atoms with E-state index in [-0.39, 0.29) is 5.92 Å². The largest absolute Gasteiger partial charge is 0.354 e. The number of rotatable bonds is 6. The van der Waals surface area contributed by atoms with Gasteiger partial charge in [-0.15, -0.1) is 0 Å². The molecule has 31 heavy (non-hydrogen) atoms. The van der Waals surface area contributed by atoms with Gasteiger partial charge in [0.25, 0.3) is 5.91 Å². The highest BCUT2D eigenvalue weighted by Gasteiger charge is 2.27. The van der Waals surface area contributed by atoms with Crippen molar-refractivity contribution in [1.29, 1.82) is 0 Å². The second-order valence-corrected chi connectivity index (χ2v) is 7.98. The molecule has 2 amide bonds. The van der Waals surface area contributed by atoms with Crippen molar-refractivity contribution in [3.63, 3.8) is 0 Å². The smallest absolute Gasteiger partial charge is 0.257 e. The number of pyridine rings is 1. The predicted molar refractivity (Wildman–Crippen MR) is 115 cm³/mol. The standard InChI is InChI=1S/C22H27F2N5O2/c1-14(2)20(27-21(30)19-16(23)5-4-6-17(19)24)22(31)26-15-7-8-18(25-13-15)29-11-9-28(3)10-12-29/h4-8,13-14,20H,9-12H2,1-3H3,(H,26,31)(H,27,30). The Morgan fingerprint density at radius 3 is 2.23 bits per heavy atom. The molecule has 2 N–H and O–H groups in total. The summed E-state index contributed by atoms with van der Waals surface area (Å²) in [5, 5.41) is 5.15. The number of benzene rings is 1. The molecule has 0 spiro atoms. The van der Waals surface area contributed by atoms with Crippen LogP contribution in [0.3, 0.4) is 0 Å². The molecule has 166 valence electrons. The molecule has 1 aromatic carbocycles. The lowest BCUT2D eigenvalue weighted by Crippen LogP contribution is -2.47. The number of amides is 2. The molecule has 2 heterocycles. The van der Waals surface area contributed by atoms with Crippen molar-refractivity contribution in [2.24, 2.45) is 5.92 Å². The van der Waals surface area contributed by atoms with Gasteiger partial charge in [-0.05, 0) is 37.2 Å². The van der Waals surface area contributed by atoms with Gasteiger partial charge in [0.15, 0.2) is 0 Å². The van der Waals surface area contributed by atoms with Gasteiger partial charge in [0.1, 0.15) is 29.1 Å². The van der Waals surface area contributed by atoms with Gasteiger partial charge in [0.2, 0.25) is 5.91 Å². The van der Waals surface area contributed by atoms with Crippen LogP contribution in [0.4, 0.5) is 20.3 Å². The van der Waals surface area contributed by atoms with Gasteiger partial charge < -0.3 is 20.4 Å². The summed E-state index contributed by atoms with van der Waals surface area (Å²) in [6.45, 7) is 7.14. The molecule has 0 aliphatic carbocycles. The molecular weight excluding hydrogens is 404 g/mol. The van der Waals surface area contributed by atoms with Crippen molar-refractivity contribution in [3.05, 3.63) is 53.7 Å². The summed E-state index contributed by atoms with van der Waals surface area (Å²) < 4.78 is 27.8. The average Bonchev–Trinajstić information content (AvgIpc) is 2.73. The van der Waals surface area contributed by atoms with E-state index in [4.69, 9.17) is 0 Å². The molecule has 0 bridgehead atoms. The van der Waals surface area contributed by atoms with Gasteiger partial charge >= 0.3 is 0 Å². The average molecular weight is 431 g/mol. The summed E-state index contributed by atoms with van der Waals surface area (Å²) >= 11 is 0. The molecule has 9 heteroatoms. The lowest BCUT2D eigenvalue weighted by atomic mass is 10.0. The summed E-state index contributed by atoms with van der Waals surface area (Å²) in [6, 6.07) is 5.76. The SMILES string of the molecule is CC(C)C(NC(=O)c1c(F)cccc1F)C(=O)Nc1ccc(N2CCN(C)CC2)nc1. The number of nitrogens with zero attached hydrogens (tertiary/aromatic N) is 3. The fourth-order valence-electron chi connectivity index (χ4n) is 3.37. The minimum atomic E-state index is -0.983. The van der Waals surface area contributed by atoms with Crippen molar-refractivity contribution < 1.29 is 18.4 Å². The Morgan fingerprint density at radius 2 is 1.68 bits per heavy atom. The van der Waals surface area contributed by atoms with Crippen LogP contribution in [-0.4, -0.2) is 61.0 Å². The minimum Gasteiger partial charge on any atom is -0.354 e. The predicted octanol–water partition coefficient (Wildman–Crippen LogP) is 2.50. The van der Waals surface area contributed by atoms with Crippen LogP contribution < -0.4 is 15.5 Å². The van der Waals surface area contributed by atoms with E-state index in [1.54, 1.807) is 26.1 Å². The summed E-state index contributed by atoms with van der Waals surface area (Å²) in [6.07, 6.45) is 1.56. The first kappa shape index (κ1) is 22.6. The van der Waals surface area contributed by atoms with Gasteiger partial charge in [0, 0.05) is 26.2 Å². The third-order valence-corrected chi connectivity index (χ3v) is 5.27. The van der Waals surface area contributed by atoms with Crippen LogP contribution in [0.15, 0.2) is 36.5 Å². The van der Waals surface area contributed by atoms with E-state index in [1.807, 2.05) is 6.07 Å². The van der Waals surface area contributed by atoms with Crippen LogP contribution >= 0.6 is 0 Å². The van der Waals surface area contributed by atoms with Crippen molar-refractivity contribution >= 4 is 23.3 Å². The molecular formula is C22H27F2N5O2. The Labute approximate surface area is 180 Å². The molecule has 1 aromatic heterocycles. The van der Waals surface area contributed by atoms with Crippen LogP contribution in [0.2, 0.25) is 0 Å². The summed E-state index contributed by atoms with van der Waals surface area (Å²) in [4.78, 5) is 34.0. The topological polar surface area (TPSA) is 77.6 Å². The molecule has 7 nitrogen and oxygen atoms in total. The summed E-state index contributed by atoms with van der Waals surface area (Å²) in [7, 11) is 2.08. The van der Waals surface area contributed by atoms with Gasteiger partial charge in [-0.3, -0.25) is 9.59 Å². The molecule has 1 saturated heterocycles. The van der Waals surface area contributed by atoms with Crippen LogP contribution in [-0.2, 0) is 4.79 Å². The first-order chi connectivity index (χ1) is 14.8. The zero-order chi connectivity index (χ0) is 22.5. The number of likely N-dealkylation sites (N-methyl/N-ethyl adjacent to an activating group) is 1. The van der Waals surface area contributed by atoms with Crippen LogP contribution in [0, 0.1) is 17.6 Å². The van der Waals surface area contributed by atoms with Gasteiger partial charge in [-0.25, -0.2) is 13.8 Å². The highest BCUT2D eigenvalue weighted by molar-refractivity contribution is 6.01. The first-order valence-corrected chi connectivity index (χ1v) is 10.2. The van der Waals surface area contributed by atoms with E-state index in [9.17, 15) is 18.4 Å². The molecule has 1 unspecified atom stereocenters. The fraction of sp³-hybridized carbons (Fsp3) is 0.409. The zero-order valence-electron chi connectivity index (χ0n) is 17.9. The molecule has 1 fully saturated rings. The highest BCUT2D eigenvalue weighted by atomic mass is 19.1. The third kappa shape index (κ3) is 5.55. The number of hydrogen-bond acceptors (Lipinski definition) is 5. The fourth-order valence-corrected chi connectivity index (χ4v) is 3.37. The Morgan fingerprint density at radius 1 is 1.03 bits per heavy atom. The number of anilines is 2. The second-order valence-electron chi connectivity index (χ2n) is 7.98. The van der Waals surface area contributed by atoms with E-state index in [1.165, 1.54) is 6.07 Å². The maximum atomic E-state index is 13.9. The van der Waals surface area contributed by atoms with Crippen LogP contribution in [0.5, 0.6) is 0 Å². The molecule has 1 aliphatic rings. The molecule has 0 saturated carbocycles. The molecule has 1 aliphatic heterocycles. The van der Waals surface area contributed by atoms with E-state index < -0.39 is 35.1 Å². The van der Waals surface area contributed by atoms with Gasteiger partial charge in [-0.2, -0.15) is 0 Å². The summed E-state index contributed by atoms with van der Waals surface area (Å²) in [5.74, 6) is -2.92. The summed E-state index contributed by atoms with van der Waals surface area (Å²) in [5.41, 5.74) is -0.237. The van der Waals surface area contributed by atoms with Crippen LogP contribution in [0.1, 0.15) is 24.2 Å². The molecule has 0 radical (unpaired) electrons. The monoisotopic (exact) mass is 431 g/mol. The minimum absolute atomic E-state index is 0.309. The third-order valence-electron chi connectivity index (χ3n) is 5.27. The van der Waals surface area contributed by atoms with Crippen LogP contribution in [0.25, 0.3) is 0 Å². The van der Waals surface area contributed by atoms with Crippen molar-refractivity contribution in [3.8, 4) is 0 Å². The van der Waals surface area contributed by atoms with Crippen molar-refractivity contribution in [2.45, 2.75) is 19.9 Å². The lowest BCUT2D eigenvalue weighted by molar-refractivity contribution is -0.118. The Kier molecular flexibility index (Phi) is 7.17. The number of nitrogens with one attached hydrogen (secondary N) is 2. The van der Waals surface area contributed by atoms with Crippen molar-refractivity contribution in [1.82, 2.24) is 15.2 Å². The number of piperazine rings is 1. The molecule has 1 atom stereocenters. The van der Waals surface area contributed by atoms with Gasteiger partial charge in [-0.1, -0.05) is 19.9 Å². The van der Waals surface area contributed by atoms with Crippen molar-refractivity contribution in [2.75, 3.05) is 43.4 Å². The van der Waals surface area contributed by atoms with E-state index in [0.29, 0.717) is 5.69 Å². The maximum Gasteiger partial charge on any atom is 0.257 e. The molecule has 3 rings (SSSR count). The Bertz CT molecular complexity index is 908. The Hall–Kier alpha value is -3.07. The number of halogens is 2. The van der Waals surface area contributed by atoms with E-state index >= 15 is 0 Å². The van der Waals surface area contributed by atoms with Gasteiger partial charge in [0.05, 0.1) is 11.9 Å². The Balaban J connectivity index is 1.66. The number of carbonyl (C=O) groups excluding carboxylic acids is 2. The van der Waals surface area contributed by atoms with E-state index in [0.717, 1.165) is 44.1 Å². The lowest BCUT2D eigenvalue weighted by Gasteiger charge is -2.33. The second kappa shape index (κ2) is 9.82. The maximum absolute atomic E-state index is 13.9. The zero-order valence-corrected chi connectivity index (χ0v) is 17.9. The number of aromatic nitrogens is 1. The highest BCUT2D eigenvalue weighted by Crippen LogP contribution is 2.17. The number of hydrogen-bond donors (Lipinski definition) is 2. The number of carbonyl (C=O) groups is 2. The first-order valence-electron chi connectivity index (χ1n) is 10.2. The normalized spacial score (nSPS) is 15.6. The molecule has 2 aromatic rings. The quantitative estimate of drug-likeness (QED) is 0.735.